The maximum atomic E-state index is 12.3. The molecule has 1 saturated heterocycles. The number of benzene rings is 1. The SMILES string of the molecule is CCOC(=O)C1CCN(CC(=O)Nc2nc(-c3ccc(OC)cc3)cs2)CC1. The minimum atomic E-state index is -0.125. The summed E-state index contributed by atoms with van der Waals surface area (Å²) in [6.07, 6.45) is 1.45. The molecule has 2 aromatic rings. The molecule has 0 aliphatic carbocycles. The number of amides is 1. The van der Waals surface area contributed by atoms with E-state index < -0.39 is 0 Å². The Hall–Kier alpha value is -2.45. The van der Waals surface area contributed by atoms with Crippen LogP contribution >= 0.6 is 11.3 Å². The van der Waals surface area contributed by atoms with Gasteiger partial charge in [-0.15, -0.1) is 11.3 Å². The van der Waals surface area contributed by atoms with E-state index in [1.165, 1.54) is 11.3 Å². The maximum absolute atomic E-state index is 12.3. The Labute approximate surface area is 168 Å². The molecule has 28 heavy (non-hydrogen) atoms. The number of nitrogens with one attached hydrogen (secondary N) is 1. The molecule has 7 nitrogen and oxygen atoms in total. The molecule has 0 radical (unpaired) electrons. The third kappa shape index (κ3) is 5.30. The van der Waals surface area contributed by atoms with Gasteiger partial charge in [0.05, 0.1) is 31.9 Å². The number of carbonyl (C=O) groups excluding carboxylic acids is 2. The van der Waals surface area contributed by atoms with Crippen LogP contribution < -0.4 is 10.1 Å². The number of aromatic nitrogens is 1. The van der Waals surface area contributed by atoms with Crippen molar-refractivity contribution in [3.63, 3.8) is 0 Å². The fraction of sp³-hybridized carbons (Fsp3) is 0.450. The second kappa shape index (κ2) is 9.66. The van der Waals surface area contributed by atoms with E-state index in [2.05, 4.69) is 15.2 Å². The van der Waals surface area contributed by atoms with Gasteiger partial charge in [-0.25, -0.2) is 4.98 Å². The lowest BCUT2D eigenvalue weighted by Gasteiger charge is -2.30. The Morgan fingerprint density at radius 2 is 1.96 bits per heavy atom. The zero-order chi connectivity index (χ0) is 19.9. The lowest BCUT2D eigenvalue weighted by Crippen LogP contribution is -2.41. The largest absolute Gasteiger partial charge is 0.497 e. The summed E-state index contributed by atoms with van der Waals surface area (Å²) >= 11 is 1.40. The minimum Gasteiger partial charge on any atom is -0.497 e. The molecular formula is C20H25N3O4S. The second-order valence-corrected chi connectivity index (χ2v) is 7.48. The first kappa shape index (κ1) is 20.3. The van der Waals surface area contributed by atoms with Crippen LogP contribution in [0, 0.1) is 5.92 Å². The molecule has 1 aromatic carbocycles. The van der Waals surface area contributed by atoms with E-state index in [4.69, 9.17) is 9.47 Å². The topological polar surface area (TPSA) is 80.8 Å². The van der Waals surface area contributed by atoms with Crippen molar-refractivity contribution in [1.29, 1.82) is 0 Å². The highest BCUT2D eigenvalue weighted by Gasteiger charge is 2.26. The first-order chi connectivity index (χ1) is 13.6. The molecule has 1 aliphatic rings. The fourth-order valence-electron chi connectivity index (χ4n) is 3.17. The van der Waals surface area contributed by atoms with Gasteiger partial charge in [0.25, 0.3) is 0 Å². The molecule has 1 aromatic heterocycles. The monoisotopic (exact) mass is 403 g/mol. The summed E-state index contributed by atoms with van der Waals surface area (Å²) in [5.74, 6) is 0.523. The zero-order valence-corrected chi connectivity index (χ0v) is 17.0. The number of ether oxygens (including phenoxy) is 2. The van der Waals surface area contributed by atoms with E-state index >= 15 is 0 Å². The number of carbonyl (C=O) groups is 2. The molecule has 2 heterocycles. The van der Waals surface area contributed by atoms with E-state index in [-0.39, 0.29) is 17.8 Å². The number of methoxy groups -OCH3 is 1. The molecule has 0 atom stereocenters. The van der Waals surface area contributed by atoms with E-state index in [1.54, 1.807) is 7.11 Å². The van der Waals surface area contributed by atoms with Crippen LogP contribution in [-0.4, -0.2) is 55.1 Å². The summed E-state index contributed by atoms with van der Waals surface area (Å²) in [6, 6.07) is 7.64. The third-order valence-corrected chi connectivity index (χ3v) is 5.47. The summed E-state index contributed by atoms with van der Waals surface area (Å²) in [7, 11) is 1.63. The molecular weight excluding hydrogens is 378 g/mol. The maximum Gasteiger partial charge on any atom is 0.309 e. The number of piperidine rings is 1. The standard InChI is InChI=1S/C20H25N3O4S/c1-3-27-19(25)15-8-10-23(11-9-15)12-18(24)22-20-21-17(13-28-20)14-4-6-16(26-2)7-5-14/h4-7,13,15H,3,8-12H2,1-2H3,(H,21,22,24). The molecule has 8 heteroatoms. The van der Waals surface area contributed by atoms with E-state index in [9.17, 15) is 9.59 Å². The highest BCUT2D eigenvalue weighted by atomic mass is 32.1. The number of thiazole rings is 1. The third-order valence-electron chi connectivity index (χ3n) is 4.71. The molecule has 0 spiro atoms. The molecule has 1 amide bonds. The highest BCUT2D eigenvalue weighted by Crippen LogP contribution is 2.26. The Kier molecular flexibility index (Phi) is 7.00. The first-order valence-corrected chi connectivity index (χ1v) is 10.3. The van der Waals surface area contributed by atoms with Crippen molar-refractivity contribution in [3.8, 4) is 17.0 Å². The van der Waals surface area contributed by atoms with Crippen molar-refractivity contribution in [2.45, 2.75) is 19.8 Å². The predicted octanol–water partition coefficient (Wildman–Crippen LogP) is 3.03. The zero-order valence-electron chi connectivity index (χ0n) is 16.1. The van der Waals surface area contributed by atoms with Crippen LogP contribution in [0.5, 0.6) is 5.75 Å². The highest BCUT2D eigenvalue weighted by molar-refractivity contribution is 7.14. The molecule has 150 valence electrons. The van der Waals surface area contributed by atoms with Gasteiger partial charge in [0.2, 0.25) is 5.91 Å². The number of esters is 1. The summed E-state index contributed by atoms with van der Waals surface area (Å²) in [4.78, 5) is 30.7. The van der Waals surface area contributed by atoms with Gasteiger partial charge >= 0.3 is 5.97 Å². The average Bonchev–Trinajstić information content (AvgIpc) is 3.17. The van der Waals surface area contributed by atoms with E-state index in [1.807, 2.05) is 36.6 Å². The van der Waals surface area contributed by atoms with Crippen LogP contribution in [0.15, 0.2) is 29.6 Å². The fourth-order valence-corrected chi connectivity index (χ4v) is 3.91. The van der Waals surface area contributed by atoms with Crippen molar-refractivity contribution < 1.29 is 19.1 Å². The molecule has 1 aliphatic heterocycles. The normalized spacial score (nSPS) is 15.2. The Bertz CT molecular complexity index is 798. The van der Waals surface area contributed by atoms with Crippen LogP contribution in [0.4, 0.5) is 5.13 Å². The van der Waals surface area contributed by atoms with E-state index in [0.717, 1.165) is 29.8 Å². The summed E-state index contributed by atoms with van der Waals surface area (Å²) in [5, 5.41) is 5.37. The lowest BCUT2D eigenvalue weighted by atomic mass is 9.97. The smallest absolute Gasteiger partial charge is 0.309 e. The van der Waals surface area contributed by atoms with Crippen molar-refractivity contribution in [1.82, 2.24) is 9.88 Å². The van der Waals surface area contributed by atoms with Crippen LogP contribution in [0.3, 0.4) is 0 Å². The molecule has 0 saturated carbocycles. The van der Waals surface area contributed by atoms with Gasteiger partial charge in [-0.05, 0) is 57.1 Å². The van der Waals surface area contributed by atoms with Gasteiger partial charge in [0, 0.05) is 10.9 Å². The van der Waals surface area contributed by atoms with Gasteiger partial charge < -0.3 is 14.8 Å². The van der Waals surface area contributed by atoms with Crippen LogP contribution in [0.25, 0.3) is 11.3 Å². The predicted molar refractivity (Wildman–Crippen MR) is 109 cm³/mol. The number of hydrogen-bond donors (Lipinski definition) is 1. The lowest BCUT2D eigenvalue weighted by molar-refractivity contribution is -0.149. The Balaban J connectivity index is 1.48. The summed E-state index contributed by atoms with van der Waals surface area (Å²) in [5.41, 5.74) is 1.79. The second-order valence-electron chi connectivity index (χ2n) is 6.62. The average molecular weight is 404 g/mol. The van der Waals surface area contributed by atoms with Crippen molar-refractivity contribution in [2.24, 2.45) is 5.92 Å². The number of likely N-dealkylation sites (tertiary alicyclic amines) is 1. The number of hydrogen-bond acceptors (Lipinski definition) is 7. The van der Waals surface area contributed by atoms with Gasteiger partial charge in [0.1, 0.15) is 5.75 Å². The number of rotatable bonds is 7. The summed E-state index contributed by atoms with van der Waals surface area (Å²) in [6.45, 7) is 3.95. The van der Waals surface area contributed by atoms with Crippen molar-refractivity contribution >= 4 is 28.3 Å². The first-order valence-electron chi connectivity index (χ1n) is 9.38. The number of nitrogens with zero attached hydrogens (tertiary/aromatic N) is 2. The van der Waals surface area contributed by atoms with Crippen molar-refractivity contribution in [3.05, 3.63) is 29.6 Å². The molecule has 3 rings (SSSR count). The van der Waals surface area contributed by atoms with Crippen LogP contribution in [-0.2, 0) is 14.3 Å². The van der Waals surface area contributed by atoms with Crippen LogP contribution in [0.1, 0.15) is 19.8 Å². The van der Waals surface area contributed by atoms with Crippen LogP contribution in [0.2, 0.25) is 0 Å². The van der Waals surface area contributed by atoms with Gasteiger partial charge in [-0.2, -0.15) is 0 Å². The quantitative estimate of drug-likeness (QED) is 0.716. The van der Waals surface area contributed by atoms with Crippen molar-refractivity contribution in [2.75, 3.05) is 38.7 Å². The molecule has 0 bridgehead atoms. The van der Waals surface area contributed by atoms with E-state index in [0.29, 0.717) is 31.4 Å². The van der Waals surface area contributed by atoms with Gasteiger partial charge in [-0.3, -0.25) is 14.5 Å². The Morgan fingerprint density at radius 1 is 1.25 bits per heavy atom. The number of anilines is 1. The van der Waals surface area contributed by atoms with Gasteiger partial charge in [0.15, 0.2) is 5.13 Å². The molecule has 1 fully saturated rings. The molecule has 0 unspecified atom stereocenters. The minimum absolute atomic E-state index is 0.0507. The Morgan fingerprint density at radius 3 is 2.61 bits per heavy atom. The molecule has 1 N–H and O–H groups in total. The van der Waals surface area contributed by atoms with Gasteiger partial charge in [-0.1, -0.05) is 0 Å². The summed E-state index contributed by atoms with van der Waals surface area (Å²) < 4.78 is 10.2.